The summed E-state index contributed by atoms with van der Waals surface area (Å²) in [6, 6.07) is 1.74. The van der Waals surface area contributed by atoms with Crippen LogP contribution in [-0.2, 0) is 10.0 Å². The van der Waals surface area contributed by atoms with Crippen molar-refractivity contribution in [2.45, 2.75) is 5.37 Å². The monoisotopic (exact) mass is 331 g/mol. The summed E-state index contributed by atoms with van der Waals surface area (Å²) in [4.78, 5) is 10.00. The summed E-state index contributed by atoms with van der Waals surface area (Å²) in [5.41, 5.74) is 0. The van der Waals surface area contributed by atoms with Gasteiger partial charge >= 0.3 is 6.01 Å². The molecule has 2 heterocycles. The lowest BCUT2D eigenvalue weighted by Gasteiger charge is -2.37. The molecule has 9 nitrogen and oxygen atoms in total. The number of rotatable bonds is 5. The van der Waals surface area contributed by atoms with Gasteiger partial charge in [-0.15, -0.1) is 0 Å². The van der Waals surface area contributed by atoms with Gasteiger partial charge in [-0.05, 0) is 0 Å². The summed E-state index contributed by atoms with van der Waals surface area (Å²) in [6.07, 6.45) is 0. The summed E-state index contributed by atoms with van der Waals surface area (Å²) >= 11 is 0. The maximum atomic E-state index is 12.5. The Bertz CT molecular complexity index is 600. The number of methoxy groups -OCH3 is 2. The van der Waals surface area contributed by atoms with Gasteiger partial charge in [0, 0.05) is 39.8 Å². The molecule has 1 N–H and O–H groups in total. The number of piperazine rings is 1. The average molecular weight is 331 g/mol. The first-order chi connectivity index (χ1) is 10.4. The number of ether oxygens (including phenoxy) is 2. The van der Waals surface area contributed by atoms with Gasteiger partial charge < -0.3 is 19.7 Å². The minimum Gasteiger partial charge on any atom is -0.481 e. The van der Waals surface area contributed by atoms with Crippen molar-refractivity contribution in [2.24, 2.45) is 0 Å². The van der Waals surface area contributed by atoms with Crippen molar-refractivity contribution in [3.8, 4) is 11.9 Å². The van der Waals surface area contributed by atoms with Gasteiger partial charge in [-0.2, -0.15) is 9.97 Å². The highest BCUT2D eigenvalue weighted by atomic mass is 32.2. The quantitative estimate of drug-likeness (QED) is 0.743. The summed E-state index contributed by atoms with van der Waals surface area (Å²) in [5, 5.41) is 2.35. The Hall–Kier alpha value is -1.65. The molecule has 0 spiro atoms. The van der Waals surface area contributed by atoms with Crippen LogP contribution < -0.4 is 19.7 Å². The molecule has 1 unspecified atom stereocenters. The largest absolute Gasteiger partial charge is 0.481 e. The smallest absolute Gasteiger partial charge is 0.321 e. The molecular formula is C12H21N5O4S. The van der Waals surface area contributed by atoms with E-state index in [0.29, 0.717) is 31.3 Å². The van der Waals surface area contributed by atoms with Gasteiger partial charge in [0.15, 0.2) is 5.37 Å². The van der Waals surface area contributed by atoms with Crippen LogP contribution in [0.5, 0.6) is 11.9 Å². The molecule has 0 aromatic carbocycles. The summed E-state index contributed by atoms with van der Waals surface area (Å²) in [5.74, 6) is 0.780. The van der Waals surface area contributed by atoms with E-state index < -0.39 is 15.4 Å². The lowest BCUT2D eigenvalue weighted by atomic mass is 10.3. The zero-order valence-corrected chi connectivity index (χ0v) is 13.9. The van der Waals surface area contributed by atoms with Crippen molar-refractivity contribution in [3.05, 3.63) is 6.07 Å². The van der Waals surface area contributed by atoms with Crippen LogP contribution in [0.15, 0.2) is 6.07 Å². The van der Waals surface area contributed by atoms with E-state index in [4.69, 9.17) is 9.47 Å². The van der Waals surface area contributed by atoms with E-state index in [1.807, 2.05) is 0 Å². The first kappa shape index (κ1) is 16.7. The van der Waals surface area contributed by atoms with Crippen LogP contribution in [0.3, 0.4) is 0 Å². The molecule has 1 aliphatic heterocycles. The number of nitrogens with zero attached hydrogens (tertiary/aromatic N) is 4. The van der Waals surface area contributed by atoms with Crippen LogP contribution in [0, 0.1) is 0 Å². The Morgan fingerprint density at radius 3 is 2.64 bits per heavy atom. The maximum absolute atomic E-state index is 12.5. The number of hydrogen-bond donors (Lipinski definition) is 1. The predicted octanol–water partition coefficient (Wildman–Crippen LogP) is -0.879. The maximum Gasteiger partial charge on any atom is 0.321 e. The highest BCUT2D eigenvalue weighted by Crippen LogP contribution is 2.25. The second kappa shape index (κ2) is 6.63. The average Bonchev–Trinajstić information content (AvgIpc) is 2.54. The molecule has 1 aliphatic rings. The van der Waals surface area contributed by atoms with Crippen molar-refractivity contribution in [1.82, 2.24) is 19.6 Å². The van der Waals surface area contributed by atoms with E-state index in [0.717, 1.165) is 0 Å². The molecule has 1 saturated heterocycles. The number of hydrogen-bond acceptors (Lipinski definition) is 8. The minimum atomic E-state index is -3.48. The number of nitrogens with one attached hydrogen (secondary N) is 1. The molecular weight excluding hydrogens is 310 g/mol. The van der Waals surface area contributed by atoms with E-state index in [1.54, 1.807) is 11.0 Å². The minimum absolute atomic E-state index is 0.133. The summed E-state index contributed by atoms with van der Waals surface area (Å²) < 4.78 is 36.4. The van der Waals surface area contributed by atoms with Gasteiger partial charge in [-0.1, -0.05) is 0 Å². The second-order valence-electron chi connectivity index (χ2n) is 4.93. The number of aromatic nitrogens is 2. The number of sulfonamides is 1. The molecule has 0 amide bonds. The van der Waals surface area contributed by atoms with E-state index in [2.05, 4.69) is 15.3 Å². The van der Waals surface area contributed by atoms with Gasteiger partial charge in [-0.3, -0.25) is 0 Å². The van der Waals surface area contributed by atoms with Crippen molar-refractivity contribution in [2.75, 3.05) is 52.8 Å². The van der Waals surface area contributed by atoms with Crippen molar-refractivity contribution in [1.29, 1.82) is 0 Å². The highest BCUT2D eigenvalue weighted by Gasteiger charge is 2.36. The van der Waals surface area contributed by atoms with Crippen LogP contribution in [0.2, 0.25) is 0 Å². The molecule has 124 valence electrons. The van der Waals surface area contributed by atoms with Gasteiger partial charge in [0.25, 0.3) is 0 Å². The van der Waals surface area contributed by atoms with Crippen molar-refractivity contribution >= 4 is 15.8 Å². The Labute approximate surface area is 130 Å². The Balaban J connectivity index is 2.44. The molecule has 22 heavy (non-hydrogen) atoms. The van der Waals surface area contributed by atoms with E-state index in [1.165, 1.54) is 32.6 Å². The SMILES string of the molecule is COc1cc(N2CCNCC2S(=O)(=O)N(C)C)nc(OC)n1. The van der Waals surface area contributed by atoms with Gasteiger partial charge in [0.1, 0.15) is 5.82 Å². The van der Waals surface area contributed by atoms with Crippen LogP contribution in [-0.4, -0.2) is 76.0 Å². The van der Waals surface area contributed by atoms with E-state index in [-0.39, 0.29) is 6.01 Å². The second-order valence-corrected chi connectivity index (χ2v) is 7.24. The first-order valence-corrected chi connectivity index (χ1v) is 8.26. The van der Waals surface area contributed by atoms with Crippen LogP contribution in [0.1, 0.15) is 0 Å². The fraction of sp³-hybridized carbons (Fsp3) is 0.667. The third-order valence-corrected chi connectivity index (χ3v) is 5.53. The van der Waals surface area contributed by atoms with E-state index >= 15 is 0 Å². The third kappa shape index (κ3) is 3.23. The normalized spacial score (nSPS) is 19.3. The van der Waals surface area contributed by atoms with Gasteiger partial charge in [0.05, 0.1) is 14.2 Å². The molecule has 1 atom stereocenters. The molecule has 2 rings (SSSR count). The van der Waals surface area contributed by atoms with Crippen LogP contribution in [0.25, 0.3) is 0 Å². The van der Waals surface area contributed by atoms with Crippen molar-refractivity contribution < 1.29 is 17.9 Å². The Morgan fingerprint density at radius 2 is 2.05 bits per heavy atom. The molecule has 0 bridgehead atoms. The molecule has 1 aromatic heterocycles. The zero-order chi connectivity index (χ0) is 16.3. The fourth-order valence-electron chi connectivity index (χ4n) is 2.19. The summed E-state index contributed by atoms with van der Waals surface area (Å²) in [6.45, 7) is 1.48. The van der Waals surface area contributed by atoms with Crippen molar-refractivity contribution in [3.63, 3.8) is 0 Å². The van der Waals surface area contributed by atoms with E-state index in [9.17, 15) is 8.42 Å². The highest BCUT2D eigenvalue weighted by molar-refractivity contribution is 7.89. The topological polar surface area (TPSA) is 96.9 Å². The third-order valence-electron chi connectivity index (χ3n) is 3.40. The van der Waals surface area contributed by atoms with Crippen LogP contribution >= 0.6 is 0 Å². The standard InChI is InChI=1S/C12H21N5O4S/c1-16(2)22(18,19)11-8-13-5-6-17(11)9-7-10(20-3)15-12(14-9)21-4/h7,11,13H,5-6,8H2,1-4H3. The van der Waals surface area contributed by atoms with Crippen LogP contribution in [0.4, 0.5) is 5.82 Å². The molecule has 0 aliphatic carbocycles. The molecule has 1 fully saturated rings. The summed E-state index contributed by atoms with van der Waals surface area (Å²) in [7, 11) is 2.48. The molecule has 1 aromatic rings. The first-order valence-electron chi connectivity index (χ1n) is 6.76. The Morgan fingerprint density at radius 1 is 1.32 bits per heavy atom. The van der Waals surface area contributed by atoms with Gasteiger partial charge in [-0.25, -0.2) is 12.7 Å². The fourth-order valence-corrected chi connectivity index (χ4v) is 3.54. The lowest BCUT2D eigenvalue weighted by Crippen LogP contribution is -2.57. The molecule has 0 radical (unpaired) electrons. The zero-order valence-electron chi connectivity index (χ0n) is 13.1. The molecule has 0 saturated carbocycles. The Kier molecular flexibility index (Phi) is 5.04. The van der Waals surface area contributed by atoms with Gasteiger partial charge in [0.2, 0.25) is 15.9 Å². The lowest BCUT2D eigenvalue weighted by molar-refractivity contribution is 0.351. The molecule has 10 heteroatoms. The number of anilines is 1. The predicted molar refractivity (Wildman–Crippen MR) is 81.7 cm³/mol.